The Morgan fingerprint density at radius 1 is 1.38 bits per heavy atom. The van der Waals surface area contributed by atoms with Crippen molar-refractivity contribution in [2.45, 2.75) is 50.1 Å². The second-order valence-corrected chi connectivity index (χ2v) is 7.86. The van der Waals surface area contributed by atoms with Gasteiger partial charge in [-0.05, 0) is 44.6 Å². The van der Waals surface area contributed by atoms with E-state index in [-0.39, 0.29) is 29.3 Å². The van der Waals surface area contributed by atoms with Crippen LogP contribution in [0.15, 0.2) is 29.2 Å². The summed E-state index contributed by atoms with van der Waals surface area (Å²) in [5.74, 6) is 0.919. The van der Waals surface area contributed by atoms with Gasteiger partial charge in [-0.25, -0.2) is 9.97 Å². The monoisotopic (exact) mass is 375 g/mol. The summed E-state index contributed by atoms with van der Waals surface area (Å²) in [6.45, 7) is 2.00. The molecule has 1 saturated carbocycles. The van der Waals surface area contributed by atoms with Crippen LogP contribution in [0.2, 0.25) is 0 Å². The number of hydrogen-bond acceptors (Lipinski definition) is 6. The van der Waals surface area contributed by atoms with E-state index in [9.17, 15) is 4.79 Å². The third-order valence-electron chi connectivity index (χ3n) is 5.48. The van der Waals surface area contributed by atoms with Crippen LogP contribution in [0.4, 0.5) is 5.95 Å². The Labute approximate surface area is 156 Å². The summed E-state index contributed by atoms with van der Waals surface area (Å²) in [5.41, 5.74) is 1.51. The van der Waals surface area contributed by atoms with Crippen LogP contribution in [0.25, 0.3) is 11.3 Å². The molecule has 2 aliphatic rings. The molecule has 1 amide bonds. The van der Waals surface area contributed by atoms with Crippen molar-refractivity contribution in [2.75, 3.05) is 5.32 Å². The molecule has 3 heterocycles. The van der Waals surface area contributed by atoms with Gasteiger partial charge in [0, 0.05) is 23.7 Å². The minimum atomic E-state index is -0.124. The Balaban J connectivity index is 1.45. The molecule has 5 atom stereocenters. The molecule has 1 aliphatic carbocycles. The van der Waals surface area contributed by atoms with Crippen LogP contribution in [0.3, 0.4) is 0 Å². The summed E-state index contributed by atoms with van der Waals surface area (Å²) in [5, 5.41) is 10.4. The van der Waals surface area contributed by atoms with Gasteiger partial charge in [0.05, 0.1) is 23.4 Å². The van der Waals surface area contributed by atoms with Gasteiger partial charge in [-0.2, -0.15) is 0 Å². The Morgan fingerprint density at radius 2 is 2.27 bits per heavy atom. The summed E-state index contributed by atoms with van der Waals surface area (Å²) < 4.78 is 4.86. The van der Waals surface area contributed by atoms with Crippen LogP contribution in [-0.2, 0) is 4.79 Å². The molecule has 0 aromatic carbocycles. The van der Waals surface area contributed by atoms with Gasteiger partial charge in [0.1, 0.15) is 6.26 Å². The van der Waals surface area contributed by atoms with E-state index >= 15 is 0 Å². The minimum Gasteiger partial charge on any atom is -0.364 e. The van der Waals surface area contributed by atoms with Crippen LogP contribution in [-0.4, -0.2) is 38.5 Å². The van der Waals surface area contributed by atoms with Crippen molar-refractivity contribution in [3.63, 3.8) is 0 Å². The zero-order chi connectivity index (χ0) is 18.1. The van der Waals surface area contributed by atoms with Crippen molar-refractivity contribution in [2.24, 2.45) is 11.8 Å². The van der Waals surface area contributed by atoms with E-state index in [1.165, 1.54) is 6.26 Å². The summed E-state index contributed by atoms with van der Waals surface area (Å²) in [7, 11) is 0. The van der Waals surface area contributed by atoms with E-state index in [1.54, 1.807) is 18.5 Å². The topological polar surface area (TPSA) is 92.9 Å². The molecule has 2 aromatic rings. The molecule has 138 valence electrons. The van der Waals surface area contributed by atoms with Crippen LogP contribution >= 0.6 is 11.6 Å². The zero-order valence-corrected chi connectivity index (χ0v) is 15.3. The average Bonchev–Trinajstić information content (AvgIpc) is 3.16. The van der Waals surface area contributed by atoms with Crippen LogP contribution in [0, 0.1) is 11.8 Å². The fourth-order valence-electron chi connectivity index (χ4n) is 4.04. The molecule has 0 bridgehead atoms. The van der Waals surface area contributed by atoms with Gasteiger partial charge < -0.3 is 15.2 Å². The van der Waals surface area contributed by atoms with Crippen LogP contribution < -0.4 is 10.6 Å². The van der Waals surface area contributed by atoms with Gasteiger partial charge in [-0.15, -0.1) is 11.6 Å². The van der Waals surface area contributed by atoms with Gasteiger partial charge in [0.15, 0.2) is 0 Å². The van der Waals surface area contributed by atoms with Gasteiger partial charge in [0.25, 0.3) is 0 Å². The lowest BCUT2D eigenvalue weighted by Gasteiger charge is -2.42. The van der Waals surface area contributed by atoms with E-state index in [2.05, 4.69) is 25.8 Å². The molecule has 2 fully saturated rings. The number of carbonyl (C=O) groups excluding carboxylic acids is 1. The highest BCUT2D eigenvalue weighted by Crippen LogP contribution is 2.36. The van der Waals surface area contributed by atoms with E-state index in [0.717, 1.165) is 36.9 Å². The Hall–Kier alpha value is -2.15. The SMILES string of the molecule is C[C@H](Nc1nccc(-c2cnoc2)n1)C1CC2CC(Cl)CCC2NC1=O. The number of nitrogens with zero attached hydrogens (tertiary/aromatic N) is 3. The summed E-state index contributed by atoms with van der Waals surface area (Å²) in [6, 6.07) is 1.99. The fraction of sp³-hybridized carbons (Fsp3) is 0.556. The molecule has 4 unspecified atom stereocenters. The third kappa shape index (κ3) is 3.53. The number of amides is 1. The molecular formula is C18H22ClN5O2. The first-order valence-electron chi connectivity index (χ1n) is 9.04. The molecule has 26 heavy (non-hydrogen) atoms. The third-order valence-corrected chi connectivity index (χ3v) is 5.88. The predicted octanol–water partition coefficient (Wildman–Crippen LogP) is 2.84. The number of rotatable bonds is 4. The van der Waals surface area contributed by atoms with Crippen molar-refractivity contribution in [3.8, 4) is 11.3 Å². The maximum absolute atomic E-state index is 12.6. The number of alkyl halides is 1. The van der Waals surface area contributed by atoms with E-state index < -0.39 is 0 Å². The van der Waals surface area contributed by atoms with E-state index in [4.69, 9.17) is 16.1 Å². The van der Waals surface area contributed by atoms with Crippen molar-refractivity contribution in [1.29, 1.82) is 0 Å². The molecule has 0 spiro atoms. The number of hydrogen-bond donors (Lipinski definition) is 2. The van der Waals surface area contributed by atoms with Gasteiger partial charge >= 0.3 is 0 Å². The van der Waals surface area contributed by atoms with Crippen molar-refractivity contribution in [1.82, 2.24) is 20.4 Å². The summed E-state index contributed by atoms with van der Waals surface area (Å²) in [6.07, 6.45) is 8.59. The van der Waals surface area contributed by atoms with Crippen molar-refractivity contribution in [3.05, 3.63) is 24.7 Å². The highest BCUT2D eigenvalue weighted by atomic mass is 35.5. The lowest BCUT2D eigenvalue weighted by Crippen LogP contribution is -2.55. The number of fused-ring (bicyclic) bond motifs is 1. The lowest BCUT2D eigenvalue weighted by molar-refractivity contribution is -0.130. The number of aromatic nitrogens is 3. The van der Waals surface area contributed by atoms with Gasteiger partial charge in [0.2, 0.25) is 11.9 Å². The van der Waals surface area contributed by atoms with Crippen molar-refractivity contribution >= 4 is 23.5 Å². The van der Waals surface area contributed by atoms with E-state index in [1.807, 2.05) is 6.92 Å². The molecule has 2 aromatic heterocycles. The summed E-state index contributed by atoms with van der Waals surface area (Å²) in [4.78, 5) is 21.3. The van der Waals surface area contributed by atoms with Gasteiger partial charge in [-0.3, -0.25) is 4.79 Å². The van der Waals surface area contributed by atoms with Crippen LogP contribution in [0.5, 0.6) is 0 Å². The molecule has 8 heteroatoms. The zero-order valence-electron chi connectivity index (χ0n) is 14.6. The first-order valence-corrected chi connectivity index (χ1v) is 9.47. The Kier molecular flexibility index (Phi) is 4.80. The Morgan fingerprint density at radius 3 is 3.08 bits per heavy atom. The molecule has 1 aliphatic heterocycles. The normalized spacial score (nSPS) is 29.5. The highest BCUT2D eigenvalue weighted by molar-refractivity contribution is 6.20. The quantitative estimate of drug-likeness (QED) is 0.798. The predicted molar refractivity (Wildman–Crippen MR) is 97.6 cm³/mol. The maximum Gasteiger partial charge on any atom is 0.225 e. The smallest absolute Gasteiger partial charge is 0.225 e. The van der Waals surface area contributed by atoms with Gasteiger partial charge in [-0.1, -0.05) is 5.16 Å². The second kappa shape index (κ2) is 7.23. The van der Waals surface area contributed by atoms with Crippen molar-refractivity contribution < 1.29 is 9.32 Å². The number of halogens is 1. The minimum absolute atomic E-state index is 0.0793. The maximum atomic E-state index is 12.6. The number of carbonyl (C=O) groups is 1. The highest BCUT2D eigenvalue weighted by Gasteiger charge is 2.41. The summed E-state index contributed by atoms with van der Waals surface area (Å²) >= 11 is 6.34. The molecular weight excluding hydrogens is 354 g/mol. The largest absolute Gasteiger partial charge is 0.364 e. The Bertz CT molecular complexity index is 769. The standard InChI is InChI=1S/C18H22ClN5O2/c1-10(14-7-11-6-13(19)2-3-15(11)23-17(14)25)22-18-20-5-4-16(24-18)12-8-21-26-9-12/h4-5,8-11,13-15H,2-3,6-7H2,1H3,(H,23,25)(H,20,22,24)/t10-,11?,13?,14?,15?/m0/s1. The molecule has 7 nitrogen and oxygen atoms in total. The first kappa shape index (κ1) is 17.3. The number of anilines is 1. The first-order chi connectivity index (χ1) is 12.6. The van der Waals surface area contributed by atoms with E-state index in [0.29, 0.717) is 11.9 Å². The lowest BCUT2D eigenvalue weighted by atomic mass is 9.74. The molecule has 0 radical (unpaired) electrons. The molecule has 1 saturated heterocycles. The average molecular weight is 376 g/mol. The second-order valence-electron chi connectivity index (χ2n) is 7.24. The number of piperidine rings is 1. The fourth-order valence-corrected chi connectivity index (χ4v) is 4.39. The number of nitrogens with one attached hydrogen (secondary N) is 2. The van der Waals surface area contributed by atoms with Crippen LogP contribution in [0.1, 0.15) is 32.6 Å². The molecule has 4 rings (SSSR count). The molecule has 2 N–H and O–H groups in total.